The lowest BCUT2D eigenvalue weighted by atomic mass is 10.1. The predicted octanol–water partition coefficient (Wildman–Crippen LogP) is 2.74. The van der Waals surface area contributed by atoms with Crippen molar-refractivity contribution >= 4 is 34.1 Å². The van der Waals surface area contributed by atoms with E-state index in [4.69, 9.17) is 11.6 Å². The smallest absolute Gasteiger partial charge is 0.241 e. The average Bonchev–Trinajstić information content (AvgIpc) is 2.42. The number of nitrogens with zero attached hydrogens (tertiary/aromatic N) is 1. The third kappa shape index (κ3) is 2.69. The molecule has 0 aliphatic heterocycles. The van der Waals surface area contributed by atoms with Crippen molar-refractivity contribution in [2.75, 3.05) is 12.4 Å². The second-order valence-corrected chi connectivity index (χ2v) is 4.86. The molecule has 5 heteroatoms. The van der Waals surface area contributed by atoms with Gasteiger partial charge in [0.25, 0.3) is 0 Å². The molecule has 100 valence electrons. The van der Waals surface area contributed by atoms with E-state index in [1.807, 2.05) is 25.1 Å². The Balaban J connectivity index is 2.51. The normalized spacial score (nSPS) is 12.4. The van der Waals surface area contributed by atoms with E-state index in [1.54, 1.807) is 20.2 Å². The molecule has 2 rings (SSSR count). The van der Waals surface area contributed by atoms with Crippen molar-refractivity contribution in [2.45, 2.75) is 19.9 Å². The number of hydrogen-bond acceptors (Lipinski definition) is 3. The van der Waals surface area contributed by atoms with Crippen LogP contribution in [0.3, 0.4) is 0 Å². The Hall–Kier alpha value is -1.65. The van der Waals surface area contributed by atoms with E-state index in [2.05, 4.69) is 15.6 Å². The molecule has 1 aromatic heterocycles. The highest BCUT2D eigenvalue weighted by molar-refractivity contribution is 6.35. The van der Waals surface area contributed by atoms with Crippen molar-refractivity contribution in [3.8, 4) is 0 Å². The predicted molar refractivity (Wildman–Crippen MR) is 78.6 cm³/mol. The van der Waals surface area contributed by atoms with Gasteiger partial charge in [-0.05, 0) is 44.7 Å². The number of benzene rings is 1. The van der Waals surface area contributed by atoms with E-state index >= 15 is 0 Å². The molecule has 1 atom stereocenters. The Morgan fingerprint density at radius 2 is 2.21 bits per heavy atom. The Morgan fingerprint density at radius 1 is 1.47 bits per heavy atom. The van der Waals surface area contributed by atoms with Gasteiger partial charge in [-0.25, -0.2) is 0 Å². The number of aryl methyl sites for hydroxylation is 1. The highest BCUT2D eigenvalue weighted by Gasteiger charge is 2.15. The molecule has 0 aliphatic carbocycles. The van der Waals surface area contributed by atoms with Crippen LogP contribution < -0.4 is 10.6 Å². The number of amides is 1. The number of likely N-dealkylation sites (N-methyl/N-ethyl adjacent to an activating group) is 1. The fraction of sp³-hybridized carbons (Fsp3) is 0.286. The Labute approximate surface area is 117 Å². The Morgan fingerprint density at radius 3 is 2.89 bits per heavy atom. The molecule has 1 aromatic carbocycles. The summed E-state index contributed by atoms with van der Waals surface area (Å²) in [7, 11) is 1.74. The summed E-state index contributed by atoms with van der Waals surface area (Å²) in [5, 5.41) is 7.12. The van der Waals surface area contributed by atoms with Crippen molar-refractivity contribution in [1.82, 2.24) is 10.3 Å². The molecule has 0 saturated heterocycles. The first kappa shape index (κ1) is 13.8. The van der Waals surface area contributed by atoms with Gasteiger partial charge in [0.1, 0.15) is 0 Å². The fourth-order valence-corrected chi connectivity index (χ4v) is 2.18. The van der Waals surface area contributed by atoms with Crippen LogP contribution in [0.4, 0.5) is 5.69 Å². The third-order valence-corrected chi connectivity index (χ3v) is 3.41. The van der Waals surface area contributed by atoms with Crippen LogP contribution in [0.5, 0.6) is 0 Å². The SMILES string of the molecule is CNC(C)C(=O)Nc1c(Cl)cc(C)c2ncccc12. The van der Waals surface area contributed by atoms with Crippen LogP contribution >= 0.6 is 11.6 Å². The molecule has 0 bridgehead atoms. The maximum absolute atomic E-state index is 12.0. The molecule has 1 unspecified atom stereocenters. The van der Waals surface area contributed by atoms with Gasteiger partial charge >= 0.3 is 0 Å². The molecule has 0 radical (unpaired) electrons. The first-order chi connectivity index (χ1) is 9.04. The second-order valence-electron chi connectivity index (χ2n) is 4.45. The lowest BCUT2D eigenvalue weighted by molar-refractivity contribution is -0.117. The zero-order chi connectivity index (χ0) is 14.0. The molecular weight excluding hydrogens is 262 g/mol. The minimum atomic E-state index is -0.288. The number of carbonyl (C=O) groups excluding carboxylic acids is 1. The maximum atomic E-state index is 12.0. The zero-order valence-electron chi connectivity index (χ0n) is 11.1. The lowest BCUT2D eigenvalue weighted by Crippen LogP contribution is -2.35. The summed E-state index contributed by atoms with van der Waals surface area (Å²) in [6.45, 7) is 3.74. The molecule has 4 nitrogen and oxygen atoms in total. The summed E-state index contributed by atoms with van der Waals surface area (Å²) in [6, 6.07) is 5.26. The highest BCUT2D eigenvalue weighted by Crippen LogP contribution is 2.32. The summed E-state index contributed by atoms with van der Waals surface area (Å²) in [6.07, 6.45) is 1.73. The van der Waals surface area contributed by atoms with Crippen LogP contribution in [0, 0.1) is 6.92 Å². The molecule has 0 saturated carbocycles. The van der Waals surface area contributed by atoms with Crippen LogP contribution in [-0.4, -0.2) is 24.0 Å². The quantitative estimate of drug-likeness (QED) is 0.907. The minimum Gasteiger partial charge on any atom is -0.323 e. The topological polar surface area (TPSA) is 54.0 Å². The molecule has 1 amide bonds. The van der Waals surface area contributed by atoms with Crippen LogP contribution in [0.2, 0.25) is 5.02 Å². The zero-order valence-corrected chi connectivity index (χ0v) is 11.9. The summed E-state index contributed by atoms with van der Waals surface area (Å²) >= 11 is 6.24. The Kier molecular flexibility index (Phi) is 4.02. The van der Waals surface area contributed by atoms with Crippen LogP contribution in [0.1, 0.15) is 12.5 Å². The van der Waals surface area contributed by atoms with Gasteiger partial charge in [-0.1, -0.05) is 11.6 Å². The van der Waals surface area contributed by atoms with Gasteiger partial charge in [-0.3, -0.25) is 9.78 Å². The van der Waals surface area contributed by atoms with Crippen LogP contribution in [0.15, 0.2) is 24.4 Å². The first-order valence-electron chi connectivity index (χ1n) is 6.06. The summed E-state index contributed by atoms with van der Waals surface area (Å²) in [4.78, 5) is 16.3. The van der Waals surface area contributed by atoms with Gasteiger partial charge in [-0.2, -0.15) is 0 Å². The summed E-state index contributed by atoms with van der Waals surface area (Å²) in [5.74, 6) is -0.126. The van der Waals surface area contributed by atoms with Gasteiger partial charge in [0.2, 0.25) is 5.91 Å². The number of fused-ring (bicyclic) bond motifs is 1. The van der Waals surface area contributed by atoms with Crippen LogP contribution in [0.25, 0.3) is 10.9 Å². The van der Waals surface area contributed by atoms with Crippen molar-refractivity contribution in [3.63, 3.8) is 0 Å². The summed E-state index contributed by atoms with van der Waals surface area (Å²) < 4.78 is 0. The first-order valence-corrected chi connectivity index (χ1v) is 6.44. The lowest BCUT2D eigenvalue weighted by Gasteiger charge is -2.15. The van der Waals surface area contributed by atoms with E-state index in [1.165, 1.54) is 0 Å². The monoisotopic (exact) mass is 277 g/mol. The van der Waals surface area contributed by atoms with Gasteiger partial charge in [0.05, 0.1) is 22.3 Å². The van der Waals surface area contributed by atoms with Gasteiger partial charge < -0.3 is 10.6 Å². The second kappa shape index (κ2) is 5.55. The van der Waals surface area contributed by atoms with Crippen LogP contribution in [-0.2, 0) is 4.79 Å². The number of pyridine rings is 1. The maximum Gasteiger partial charge on any atom is 0.241 e. The molecule has 1 heterocycles. The van der Waals surface area contributed by atoms with E-state index < -0.39 is 0 Å². The summed E-state index contributed by atoms with van der Waals surface area (Å²) in [5.41, 5.74) is 2.45. The number of anilines is 1. The Bertz CT molecular complexity index is 627. The number of hydrogen-bond donors (Lipinski definition) is 2. The molecule has 2 aromatic rings. The number of nitrogens with one attached hydrogen (secondary N) is 2. The van der Waals surface area contributed by atoms with Gasteiger partial charge in [-0.15, -0.1) is 0 Å². The highest BCUT2D eigenvalue weighted by atomic mass is 35.5. The fourth-order valence-electron chi connectivity index (χ4n) is 1.87. The average molecular weight is 278 g/mol. The van der Waals surface area contributed by atoms with Crippen molar-refractivity contribution in [3.05, 3.63) is 35.0 Å². The standard InChI is InChI=1S/C14H16ClN3O/c1-8-7-11(15)13(18-14(19)9(2)16-3)10-5-4-6-17-12(8)10/h4-7,9,16H,1-3H3,(H,18,19). The third-order valence-electron chi connectivity index (χ3n) is 3.11. The van der Waals surface area contributed by atoms with Crippen molar-refractivity contribution < 1.29 is 4.79 Å². The molecule has 19 heavy (non-hydrogen) atoms. The largest absolute Gasteiger partial charge is 0.323 e. The van der Waals surface area contributed by atoms with E-state index in [-0.39, 0.29) is 11.9 Å². The van der Waals surface area contributed by atoms with Gasteiger partial charge in [0, 0.05) is 11.6 Å². The molecule has 0 fully saturated rings. The molecule has 0 aliphatic rings. The van der Waals surface area contributed by atoms with Crippen molar-refractivity contribution in [1.29, 1.82) is 0 Å². The number of aromatic nitrogens is 1. The van der Waals surface area contributed by atoms with E-state index in [0.29, 0.717) is 10.7 Å². The van der Waals surface area contributed by atoms with E-state index in [9.17, 15) is 4.79 Å². The number of carbonyl (C=O) groups is 1. The number of halogens is 1. The molecule has 0 spiro atoms. The molecule has 2 N–H and O–H groups in total. The minimum absolute atomic E-state index is 0.126. The molecular formula is C14H16ClN3O. The van der Waals surface area contributed by atoms with Crippen molar-refractivity contribution in [2.24, 2.45) is 0 Å². The number of rotatable bonds is 3. The van der Waals surface area contributed by atoms with E-state index in [0.717, 1.165) is 16.5 Å². The van der Waals surface area contributed by atoms with Gasteiger partial charge in [0.15, 0.2) is 0 Å².